The SMILES string of the molecule is CCc1nnc(N(C)CC2CCCCC2)c(C#N)c1CC. The average molecular weight is 286 g/mol. The molecule has 0 bridgehead atoms. The standard InChI is InChI=1S/C17H26N4/c1-4-14-15(11-18)17(20-19-16(14)5-2)21(3)12-13-9-7-6-8-10-13/h13H,4-10,12H2,1-3H3. The molecule has 114 valence electrons. The highest BCUT2D eigenvalue weighted by Gasteiger charge is 2.21. The van der Waals surface area contributed by atoms with Gasteiger partial charge in [0.2, 0.25) is 0 Å². The van der Waals surface area contributed by atoms with Crippen molar-refractivity contribution in [2.45, 2.75) is 58.8 Å². The maximum absolute atomic E-state index is 9.56. The van der Waals surface area contributed by atoms with Crippen molar-refractivity contribution in [1.82, 2.24) is 10.2 Å². The van der Waals surface area contributed by atoms with E-state index in [1.54, 1.807) is 0 Å². The second kappa shape index (κ2) is 7.40. The minimum atomic E-state index is 0.725. The quantitative estimate of drug-likeness (QED) is 0.831. The fraction of sp³-hybridized carbons (Fsp3) is 0.706. The van der Waals surface area contributed by atoms with Gasteiger partial charge in [-0.2, -0.15) is 10.4 Å². The van der Waals surface area contributed by atoms with Crippen LogP contribution in [0.25, 0.3) is 0 Å². The van der Waals surface area contributed by atoms with Crippen molar-refractivity contribution in [1.29, 1.82) is 5.26 Å². The first-order chi connectivity index (χ1) is 10.2. The molecule has 0 unspecified atom stereocenters. The van der Waals surface area contributed by atoms with Crippen molar-refractivity contribution in [3.8, 4) is 6.07 Å². The highest BCUT2D eigenvalue weighted by Crippen LogP contribution is 2.27. The normalized spacial score (nSPS) is 15.7. The van der Waals surface area contributed by atoms with Gasteiger partial charge in [-0.3, -0.25) is 0 Å². The third-order valence-electron chi connectivity index (χ3n) is 4.56. The second-order valence-electron chi connectivity index (χ2n) is 6.03. The topological polar surface area (TPSA) is 52.8 Å². The molecule has 0 aromatic carbocycles. The summed E-state index contributed by atoms with van der Waals surface area (Å²) in [6.07, 6.45) is 8.31. The predicted molar refractivity (Wildman–Crippen MR) is 85.3 cm³/mol. The van der Waals surface area contributed by atoms with Gasteiger partial charge < -0.3 is 4.90 Å². The van der Waals surface area contributed by atoms with Gasteiger partial charge in [-0.05, 0) is 37.2 Å². The fourth-order valence-corrected chi connectivity index (χ4v) is 3.39. The van der Waals surface area contributed by atoms with Gasteiger partial charge in [0, 0.05) is 13.6 Å². The number of rotatable bonds is 5. The zero-order chi connectivity index (χ0) is 15.2. The van der Waals surface area contributed by atoms with Crippen LogP contribution in [0, 0.1) is 17.2 Å². The van der Waals surface area contributed by atoms with E-state index in [1.807, 2.05) is 7.05 Å². The maximum Gasteiger partial charge on any atom is 0.169 e. The fourth-order valence-electron chi connectivity index (χ4n) is 3.39. The zero-order valence-electron chi connectivity index (χ0n) is 13.5. The Hall–Kier alpha value is -1.63. The lowest BCUT2D eigenvalue weighted by molar-refractivity contribution is 0.361. The summed E-state index contributed by atoms with van der Waals surface area (Å²) in [6.45, 7) is 5.13. The van der Waals surface area contributed by atoms with Crippen molar-refractivity contribution in [2.75, 3.05) is 18.5 Å². The van der Waals surface area contributed by atoms with E-state index < -0.39 is 0 Å². The van der Waals surface area contributed by atoms with E-state index in [4.69, 9.17) is 0 Å². The lowest BCUT2D eigenvalue weighted by Gasteiger charge is -2.28. The Morgan fingerprint density at radius 3 is 2.43 bits per heavy atom. The second-order valence-corrected chi connectivity index (χ2v) is 6.03. The summed E-state index contributed by atoms with van der Waals surface area (Å²) in [5.74, 6) is 1.49. The maximum atomic E-state index is 9.56. The molecule has 4 nitrogen and oxygen atoms in total. The van der Waals surface area contributed by atoms with E-state index in [9.17, 15) is 5.26 Å². The zero-order valence-corrected chi connectivity index (χ0v) is 13.5. The highest BCUT2D eigenvalue weighted by atomic mass is 15.2. The lowest BCUT2D eigenvalue weighted by Crippen LogP contribution is -2.29. The Labute approximate surface area is 128 Å². The summed E-state index contributed by atoms with van der Waals surface area (Å²) in [5, 5.41) is 18.3. The molecule has 0 radical (unpaired) electrons. The highest BCUT2D eigenvalue weighted by molar-refractivity contribution is 5.57. The van der Waals surface area contributed by atoms with Crippen molar-refractivity contribution < 1.29 is 0 Å². The first kappa shape index (κ1) is 15.8. The Kier molecular flexibility index (Phi) is 5.55. The van der Waals surface area contributed by atoms with E-state index in [0.29, 0.717) is 0 Å². The molecule has 0 amide bonds. The molecule has 1 saturated carbocycles. The Bertz CT molecular complexity index is 512. The summed E-state index contributed by atoms with van der Waals surface area (Å²) >= 11 is 0. The van der Waals surface area contributed by atoms with Crippen LogP contribution in [0.4, 0.5) is 5.82 Å². The van der Waals surface area contributed by atoms with Crippen molar-refractivity contribution in [3.05, 3.63) is 16.8 Å². The van der Waals surface area contributed by atoms with Crippen LogP contribution in [0.2, 0.25) is 0 Å². The smallest absolute Gasteiger partial charge is 0.169 e. The van der Waals surface area contributed by atoms with Gasteiger partial charge in [0.05, 0.1) is 5.69 Å². The Morgan fingerprint density at radius 1 is 1.14 bits per heavy atom. The molecular formula is C17H26N4. The van der Waals surface area contributed by atoms with E-state index in [2.05, 4.69) is 35.0 Å². The van der Waals surface area contributed by atoms with Crippen LogP contribution in [0.5, 0.6) is 0 Å². The molecule has 1 aromatic heterocycles. The summed E-state index contributed by atoms with van der Waals surface area (Å²) in [6, 6.07) is 2.36. The van der Waals surface area contributed by atoms with Gasteiger partial charge in [-0.25, -0.2) is 0 Å². The van der Waals surface area contributed by atoms with Gasteiger partial charge in [0.1, 0.15) is 11.6 Å². The molecule has 0 atom stereocenters. The molecule has 4 heteroatoms. The summed E-state index contributed by atoms with van der Waals surface area (Å²) < 4.78 is 0. The van der Waals surface area contributed by atoms with Crippen LogP contribution in [-0.2, 0) is 12.8 Å². The van der Waals surface area contributed by atoms with Gasteiger partial charge in [0.25, 0.3) is 0 Å². The molecule has 2 rings (SSSR count). The van der Waals surface area contributed by atoms with Gasteiger partial charge in [-0.15, -0.1) is 5.10 Å². The van der Waals surface area contributed by atoms with E-state index in [0.717, 1.165) is 47.9 Å². The molecular weight excluding hydrogens is 260 g/mol. The van der Waals surface area contributed by atoms with E-state index >= 15 is 0 Å². The molecule has 1 aliphatic rings. The first-order valence-corrected chi connectivity index (χ1v) is 8.20. The number of anilines is 1. The van der Waals surface area contributed by atoms with Gasteiger partial charge in [0.15, 0.2) is 5.82 Å². The predicted octanol–water partition coefficient (Wildman–Crippen LogP) is 3.49. The van der Waals surface area contributed by atoms with Crippen LogP contribution in [0.3, 0.4) is 0 Å². The first-order valence-electron chi connectivity index (χ1n) is 8.20. The number of nitriles is 1. The molecule has 21 heavy (non-hydrogen) atoms. The summed E-state index contributed by atoms with van der Waals surface area (Å²) in [5.41, 5.74) is 2.76. The summed E-state index contributed by atoms with van der Waals surface area (Å²) in [4.78, 5) is 2.14. The van der Waals surface area contributed by atoms with Crippen molar-refractivity contribution >= 4 is 5.82 Å². The number of aromatic nitrogens is 2. The largest absolute Gasteiger partial charge is 0.357 e. The van der Waals surface area contributed by atoms with E-state index in [1.165, 1.54) is 32.1 Å². The molecule has 1 heterocycles. The molecule has 1 aromatic rings. The Balaban J connectivity index is 2.23. The molecule has 1 aliphatic carbocycles. The van der Waals surface area contributed by atoms with Crippen LogP contribution < -0.4 is 4.90 Å². The van der Waals surface area contributed by atoms with Crippen LogP contribution in [-0.4, -0.2) is 23.8 Å². The van der Waals surface area contributed by atoms with Crippen LogP contribution >= 0.6 is 0 Å². The monoisotopic (exact) mass is 286 g/mol. The summed E-state index contributed by atoms with van der Waals surface area (Å²) in [7, 11) is 2.05. The molecule has 1 fully saturated rings. The molecule has 0 aliphatic heterocycles. The number of hydrogen-bond acceptors (Lipinski definition) is 4. The average Bonchev–Trinajstić information content (AvgIpc) is 2.53. The number of aryl methyl sites for hydroxylation is 1. The molecule has 0 N–H and O–H groups in total. The molecule has 0 saturated heterocycles. The van der Waals surface area contributed by atoms with Gasteiger partial charge in [-0.1, -0.05) is 33.1 Å². The number of nitrogens with zero attached hydrogens (tertiary/aromatic N) is 4. The minimum Gasteiger partial charge on any atom is -0.357 e. The van der Waals surface area contributed by atoms with Gasteiger partial charge >= 0.3 is 0 Å². The minimum absolute atomic E-state index is 0.725. The third kappa shape index (κ3) is 3.53. The van der Waals surface area contributed by atoms with Crippen molar-refractivity contribution in [3.63, 3.8) is 0 Å². The van der Waals surface area contributed by atoms with Crippen LogP contribution in [0.1, 0.15) is 62.8 Å². The lowest BCUT2D eigenvalue weighted by atomic mass is 9.89. The molecule has 0 spiro atoms. The van der Waals surface area contributed by atoms with E-state index in [-0.39, 0.29) is 0 Å². The Morgan fingerprint density at radius 2 is 1.86 bits per heavy atom. The van der Waals surface area contributed by atoms with Crippen LogP contribution in [0.15, 0.2) is 0 Å². The van der Waals surface area contributed by atoms with Crippen molar-refractivity contribution in [2.24, 2.45) is 5.92 Å². The third-order valence-corrected chi connectivity index (χ3v) is 4.56. The number of hydrogen-bond donors (Lipinski definition) is 0.